The molecule has 1 heterocycles. The average molecular weight is 623 g/mol. The average Bonchev–Trinajstić information content (AvgIpc) is 3.30. The van der Waals surface area contributed by atoms with E-state index in [-0.39, 0.29) is 47.7 Å². The zero-order chi connectivity index (χ0) is 30.9. The van der Waals surface area contributed by atoms with Gasteiger partial charge < -0.3 is 4.90 Å². The van der Waals surface area contributed by atoms with Crippen molar-refractivity contribution in [1.29, 1.82) is 0 Å². The first kappa shape index (κ1) is 30.4. The quantitative estimate of drug-likeness (QED) is 0.227. The summed E-state index contributed by atoms with van der Waals surface area (Å²) in [4.78, 5) is 19.0. The third-order valence-corrected chi connectivity index (χ3v) is 11.5. The third-order valence-electron chi connectivity index (χ3n) is 8.98. The van der Waals surface area contributed by atoms with E-state index in [0.717, 1.165) is 36.8 Å². The number of carbonyl (C=O) groups excluding carboxylic acids is 1. The summed E-state index contributed by atoms with van der Waals surface area (Å²) in [6, 6.07) is 4.34. The summed E-state index contributed by atoms with van der Waals surface area (Å²) in [5, 5.41) is 0. The Morgan fingerprint density at radius 1 is 0.976 bits per heavy atom. The van der Waals surface area contributed by atoms with Crippen LogP contribution < -0.4 is 0 Å². The van der Waals surface area contributed by atoms with Gasteiger partial charge in [-0.15, -0.1) is 0 Å². The van der Waals surface area contributed by atoms with Gasteiger partial charge in [0.15, 0.2) is 9.84 Å². The van der Waals surface area contributed by atoms with Crippen LogP contribution in [0.2, 0.25) is 0 Å². The monoisotopic (exact) mass is 622 g/mol. The fourth-order valence-corrected chi connectivity index (χ4v) is 9.15. The predicted octanol–water partition coefficient (Wildman–Crippen LogP) is 6.20. The van der Waals surface area contributed by atoms with E-state index in [1.165, 1.54) is 18.2 Å². The highest BCUT2D eigenvalue weighted by Crippen LogP contribution is 2.57. The van der Waals surface area contributed by atoms with Gasteiger partial charge in [-0.2, -0.15) is 26.3 Å². The zero-order valence-electron chi connectivity index (χ0n) is 22.2. The molecule has 2 aromatic carbocycles. The molecule has 5 nitrogen and oxygen atoms in total. The lowest BCUT2D eigenvalue weighted by molar-refractivity contribution is -0.348. The maximum Gasteiger partial charge on any atom is 0.435 e. The summed E-state index contributed by atoms with van der Waals surface area (Å²) in [7, 11) is -3.04. The molecule has 0 radical (unpaired) electrons. The maximum absolute atomic E-state index is 15.0. The first-order valence-corrected chi connectivity index (χ1v) is 14.7. The number of sulfone groups is 1. The molecule has 2 fully saturated rings. The predicted molar refractivity (Wildman–Crippen MR) is 136 cm³/mol. The number of hydrogen-bond donors (Lipinski definition) is 0. The minimum absolute atomic E-state index is 0.0669. The number of aliphatic imine (C=N–C) groups is 1. The summed E-state index contributed by atoms with van der Waals surface area (Å²) < 4.78 is 137. The van der Waals surface area contributed by atoms with E-state index in [1.54, 1.807) is 0 Å². The molecule has 0 bridgehead atoms. The molecule has 1 saturated heterocycles. The first-order valence-electron chi connectivity index (χ1n) is 13.2. The fraction of sp³-hybridized carbons (Fsp3) is 0.500. The second-order valence-corrected chi connectivity index (χ2v) is 13.3. The number of rotatable bonds is 5. The van der Waals surface area contributed by atoms with Crippen molar-refractivity contribution in [1.82, 2.24) is 4.90 Å². The van der Waals surface area contributed by atoms with Crippen molar-refractivity contribution < 1.29 is 48.3 Å². The fourth-order valence-electron chi connectivity index (χ4n) is 6.79. The van der Waals surface area contributed by atoms with Gasteiger partial charge in [0.05, 0.1) is 16.4 Å². The smallest absolute Gasteiger partial charge is 0.337 e. The van der Waals surface area contributed by atoms with Gasteiger partial charge in [-0.05, 0) is 67.5 Å². The van der Waals surface area contributed by atoms with E-state index >= 15 is 0 Å². The second kappa shape index (κ2) is 9.75. The van der Waals surface area contributed by atoms with Crippen LogP contribution in [0.25, 0.3) is 0 Å². The lowest BCUT2D eigenvalue weighted by Crippen LogP contribution is -2.56. The number of carbonyl (C=O) groups is 1. The van der Waals surface area contributed by atoms with Crippen LogP contribution >= 0.6 is 0 Å². The van der Waals surface area contributed by atoms with Crippen LogP contribution in [0.1, 0.15) is 48.8 Å². The van der Waals surface area contributed by atoms with E-state index in [2.05, 4.69) is 4.99 Å². The van der Waals surface area contributed by atoms with E-state index in [0.29, 0.717) is 25.0 Å². The van der Waals surface area contributed by atoms with E-state index in [9.17, 15) is 48.3 Å². The van der Waals surface area contributed by atoms with Crippen LogP contribution in [0, 0.1) is 11.2 Å². The van der Waals surface area contributed by atoms with Crippen molar-refractivity contribution in [2.45, 2.75) is 72.2 Å². The van der Waals surface area contributed by atoms with Crippen LogP contribution in [-0.4, -0.2) is 57.4 Å². The largest absolute Gasteiger partial charge is 0.435 e. The van der Waals surface area contributed by atoms with Crippen LogP contribution in [0.3, 0.4) is 0 Å². The number of alkyl halides is 7. The van der Waals surface area contributed by atoms with Gasteiger partial charge in [0.25, 0.3) is 0 Å². The molecule has 0 unspecified atom stereocenters. The lowest BCUT2D eigenvalue weighted by Gasteiger charge is -2.46. The van der Waals surface area contributed by atoms with Gasteiger partial charge in [0.1, 0.15) is 10.6 Å². The Hall–Kier alpha value is -3.03. The van der Waals surface area contributed by atoms with Crippen molar-refractivity contribution in [3.63, 3.8) is 0 Å². The molecular weight excluding hydrogens is 596 g/mol. The van der Waals surface area contributed by atoms with Crippen molar-refractivity contribution in [2.24, 2.45) is 10.4 Å². The van der Waals surface area contributed by atoms with Crippen LogP contribution in [-0.2, 0) is 31.5 Å². The Balaban J connectivity index is 1.70. The molecule has 0 aromatic heterocycles. The molecule has 2 atom stereocenters. The summed E-state index contributed by atoms with van der Waals surface area (Å²) in [6.07, 6.45) is -10.0. The normalized spacial score (nSPS) is 24.3. The van der Waals surface area contributed by atoms with Crippen molar-refractivity contribution in [2.75, 3.05) is 13.6 Å². The standard InChI is InChI=1S/C28H26F8N2O3S/c1-37-16-24(11-2-12-24)23(39)38-14-13-25(42(40,41)20-7-5-19(29)6-8-20)21-9-4-18(15-17(21)3-10-22(25)38)26(30,27(31,32)33)28(34,35)36/h4-9,15-16,22H,2-3,10-14H2,1H3/b37-16-/t22-,25-/m0/s1. The highest BCUT2D eigenvalue weighted by Gasteiger charge is 2.74. The maximum atomic E-state index is 15.0. The summed E-state index contributed by atoms with van der Waals surface area (Å²) in [5.74, 6) is -1.10. The number of amides is 1. The molecular formula is C28H26F8N2O3S. The van der Waals surface area contributed by atoms with E-state index < -0.39 is 55.4 Å². The SMILES string of the molecule is C/N=C\C1(C(=O)N2CC[C@]3(S(=O)(=O)c4ccc(F)cc4)c4ccc(C(F)(C(F)(F)F)C(F)(F)F)cc4CC[C@H]23)CCC1. The van der Waals surface area contributed by atoms with Gasteiger partial charge >= 0.3 is 18.0 Å². The van der Waals surface area contributed by atoms with Gasteiger partial charge in [-0.1, -0.05) is 24.6 Å². The Bertz CT molecular complexity index is 1520. The van der Waals surface area contributed by atoms with E-state index in [1.807, 2.05) is 0 Å². The van der Waals surface area contributed by atoms with Crippen LogP contribution in [0.4, 0.5) is 35.1 Å². The number of nitrogens with zero attached hydrogens (tertiary/aromatic N) is 2. The number of fused-ring (bicyclic) bond motifs is 3. The van der Waals surface area contributed by atoms with Crippen molar-refractivity contribution >= 4 is 22.0 Å². The molecule has 1 aliphatic heterocycles. The number of halogens is 8. The number of likely N-dealkylation sites (tertiary alicyclic amines) is 1. The van der Waals surface area contributed by atoms with Gasteiger partial charge in [0, 0.05) is 25.4 Å². The van der Waals surface area contributed by atoms with Gasteiger partial charge in [-0.25, -0.2) is 17.2 Å². The van der Waals surface area contributed by atoms with Crippen molar-refractivity contribution in [3.05, 3.63) is 65.0 Å². The number of hydrogen-bond acceptors (Lipinski definition) is 4. The molecule has 2 aliphatic carbocycles. The Morgan fingerprint density at radius 3 is 2.12 bits per heavy atom. The first-order chi connectivity index (χ1) is 19.5. The topological polar surface area (TPSA) is 66.8 Å². The molecule has 5 rings (SSSR count). The Morgan fingerprint density at radius 2 is 1.60 bits per heavy atom. The molecule has 0 spiro atoms. The molecule has 1 saturated carbocycles. The highest BCUT2D eigenvalue weighted by atomic mass is 32.2. The summed E-state index contributed by atoms with van der Waals surface area (Å²) >= 11 is 0. The van der Waals surface area contributed by atoms with E-state index in [4.69, 9.17) is 0 Å². The molecule has 0 N–H and O–H groups in total. The molecule has 14 heteroatoms. The minimum atomic E-state index is -6.34. The molecule has 3 aliphatic rings. The molecule has 1 amide bonds. The Labute approximate surface area is 236 Å². The number of benzene rings is 2. The highest BCUT2D eigenvalue weighted by molar-refractivity contribution is 7.92. The number of aryl methyl sites for hydroxylation is 1. The summed E-state index contributed by atoms with van der Waals surface area (Å²) in [5.41, 5.74) is -8.66. The van der Waals surface area contributed by atoms with Crippen molar-refractivity contribution in [3.8, 4) is 0 Å². The second-order valence-electron chi connectivity index (χ2n) is 11.1. The van der Waals surface area contributed by atoms with Crippen LogP contribution in [0.5, 0.6) is 0 Å². The molecule has 228 valence electrons. The van der Waals surface area contributed by atoms with Gasteiger partial charge in [0.2, 0.25) is 5.91 Å². The van der Waals surface area contributed by atoms with Crippen LogP contribution in [0.15, 0.2) is 52.4 Å². The molecule has 2 aromatic rings. The lowest BCUT2D eigenvalue weighted by atomic mass is 9.68. The third kappa shape index (κ3) is 4.10. The zero-order valence-corrected chi connectivity index (χ0v) is 23.0. The Kier molecular flexibility index (Phi) is 7.06. The van der Waals surface area contributed by atoms with Gasteiger partial charge in [-0.3, -0.25) is 9.79 Å². The molecule has 42 heavy (non-hydrogen) atoms. The minimum Gasteiger partial charge on any atom is -0.337 e. The summed E-state index contributed by atoms with van der Waals surface area (Å²) in [6.45, 7) is -0.0669.